The lowest BCUT2D eigenvalue weighted by molar-refractivity contribution is 0.310. The topological polar surface area (TPSA) is 21.3 Å². The van der Waals surface area contributed by atoms with Crippen molar-refractivity contribution in [2.24, 2.45) is 5.92 Å². The van der Waals surface area contributed by atoms with Gasteiger partial charge in [0.25, 0.3) is 0 Å². The fraction of sp³-hybridized carbons (Fsp3) is 0.308. The molecule has 3 unspecified atom stereocenters. The Labute approximate surface area is 177 Å². The van der Waals surface area contributed by atoms with Crippen molar-refractivity contribution >= 4 is 17.0 Å². The van der Waals surface area contributed by atoms with Gasteiger partial charge in [-0.15, -0.1) is 11.3 Å². The molecule has 29 heavy (non-hydrogen) atoms. The molecule has 1 aliphatic heterocycles. The van der Waals surface area contributed by atoms with E-state index in [0.717, 1.165) is 31.6 Å². The summed E-state index contributed by atoms with van der Waals surface area (Å²) in [5.41, 5.74) is 4.01. The number of anilines is 1. The molecule has 2 heterocycles. The first-order chi connectivity index (χ1) is 14.3. The number of hydrogen-bond acceptors (Lipinski definition) is 3. The first-order valence-electron chi connectivity index (χ1n) is 10.6. The number of nitrogens with one attached hydrogen (secondary N) is 1. The maximum absolute atomic E-state index is 6.11. The molecule has 0 saturated heterocycles. The van der Waals surface area contributed by atoms with Gasteiger partial charge in [0.05, 0.1) is 12.6 Å². The van der Waals surface area contributed by atoms with E-state index in [0.29, 0.717) is 17.9 Å². The predicted molar refractivity (Wildman–Crippen MR) is 122 cm³/mol. The van der Waals surface area contributed by atoms with Crippen molar-refractivity contribution in [1.29, 1.82) is 0 Å². The number of fused-ring (bicyclic) bond motifs is 3. The van der Waals surface area contributed by atoms with Crippen molar-refractivity contribution < 1.29 is 4.74 Å². The Hall–Kier alpha value is -2.52. The molecule has 1 N–H and O–H groups in total. The van der Waals surface area contributed by atoms with Crippen LogP contribution in [0.1, 0.15) is 45.7 Å². The molecular formula is C26H27NOS. The zero-order chi connectivity index (χ0) is 19.6. The monoisotopic (exact) mass is 401 g/mol. The fourth-order valence-corrected chi connectivity index (χ4v) is 5.68. The van der Waals surface area contributed by atoms with E-state index in [4.69, 9.17) is 4.74 Å². The molecule has 148 valence electrons. The molecule has 0 fully saturated rings. The number of ether oxygens (including phenoxy) is 1. The Bertz CT molecular complexity index is 1010. The van der Waals surface area contributed by atoms with Gasteiger partial charge in [-0.3, -0.25) is 0 Å². The number of aryl methyl sites for hydroxylation is 2. The Kier molecular flexibility index (Phi) is 5.15. The molecule has 0 saturated carbocycles. The van der Waals surface area contributed by atoms with E-state index in [1.165, 1.54) is 26.6 Å². The second-order valence-corrected chi connectivity index (χ2v) is 9.43. The highest BCUT2D eigenvalue weighted by Crippen LogP contribution is 2.51. The molecule has 0 bridgehead atoms. The van der Waals surface area contributed by atoms with Gasteiger partial charge in [0.2, 0.25) is 0 Å². The van der Waals surface area contributed by atoms with Gasteiger partial charge in [-0.2, -0.15) is 0 Å². The van der Waals surface area contributed by atoms with Crippen molar-refractivity contribution in [3.8, 4) is 5.75 Å². The van der Waals surface area contributed by atoms with Crippen LogP contribution in [0.5, 0.6) is 5.75 Å². The predicted octanol–water partition coefficient (Wildman–Crippen LogP) is 6.89. The van der Waals surface area contributed by atoms with E-state index in [2.05, 4.69) is 85.1 Å². The molecule has 2 aliphatic rings. The van der Waals surface area contributed by atoms with E-state index < -0.39 is 0 Å². The van der Waals surface area contributed by atoms with Crippen molar-refractivity contribution in [3.63, 3.8) is 0 Å². The van der Waals surface area contributed by atoms with Gasteiger partial charge >= 0.3 is 0 Å². The largest absolute Gasteiger partial charge is 0.494 e. The first-order valence-corrected chi connectivity index (χ1v) is 11.4. The molecule has 1 aromatic heterocycles. The minimum atomic E-state index is 0.402. The second kappa shape index (κ2) is 8.08. The summed E-state index contributed by atoms with van der Waals surface area (Å²) < 4.78 is 6.11. The molecule has 1 aliphatic carbocycles. The van der Waals surface area contributed by atoms with Gasteiger partial charge in [0.15, 0.2) is 0 Å². The Morgan fingerprint density at radius 2 is 1.97 bits per heavy atom. The molecule has 0 spiro atoms. The van der Waals surface area contributed by atoms with Gasteiger partial charge in [0.1, 0.15) is 5.75 Å². The molecule has 5 rings (SSSR count). The number of benzene rings is 2. The minimum absolute atomic E-state index is 0.402. The standard InChI is InChI=1S/C26H27NOS/c1-18-12-15-25(29-18)26-22-11-5-10-21(22)23-17-20(13-14-24(23)27-26)28-16-6-9-19-7-3-2-4-8-19/h2-5,7-8,10,12-15,17,21-22,26-27H,6,9,11,16H2,1H3. The lowest BCUT2D eigenvalue weighted by atomic mass is 9.79. The van der Waals surface area contributed by atoms with Gasteiger partial charge in [-0.1, -0.05) is 42.5 Å². The lowest BCUT2D eigenvalue weighted by Crippen LogP contribution is -2.28. The van der Waals surface area contributed by atoms with Crippen LogP contribution in [0.2, 0.25) is 0 Å². The lowest BCUT2D eigenvalue weighted by Gasteiger charge is -2.37. The molecule has 0 amide bonds. The average Bonchev–Trinajstić information content (AvgIpc) is 3.41. The Morgan fingerprint density at radius 1 is 1.07 bits per heavy atom. The van der Waals surface area contributed by atoms with Gasteiger partial charge in [-0.25, -0.2) is 0 Å². The van der Waals surface area contributed by atoms with Crippen LogP contribution in [0.3, 0.4) is 0 Å². The van der Waals surface area contributed by atoms with Crippen LogP contribution in [0.4, 0.5) is 5.69 Å². The van der Waals surface area contributed by atoms with E-state index in [-0.39, 0.29) is 0 Å². The van der Waals surface area contributed by atoms with Crippen molar-refractivity contribution in [2.75, 3.05) is 11.9 Å². The minimum Gasteiger partial charge on any atom is -0.494 e. The normalized spacial score (nSPS) is 22.0. The third-order valence-electron chi connectivity index (χ3n) is 6.12. The van der Waals surface area contributed by atoms with Crippen LogP contribution >= 0.6 is 11.3 Å². The number of allylic oxidation sites excluding steroid dienone is 2. The van der Waals surface area contributed by atoms with Crippen molar-refractivity contribution in [2.45, 2.75) is 38.1 Å². The molecular weight excluding hydrogens is 374 g/mol. The zero-order valence-corrected chi connectivity index (χ0v) is 17.6. The third-order valence-corrected chi connectivity index (χ3v) is 7.21. The highest BCUT2D eigenvalue weighted by molar-refractivity contribution is 7.12. The van der Waals surface area contributed by atoms with Gasteiger partial charge in [0, 0.05) is 21.4 Å². The highest BCUT2D eigenvalue weighted by atomic mass is 32.1. The first kappa shape index (κ1) is 18.5. The summed E-state index contributed by atoms with van der Waals surface area (Å²) in [5.74, 6) is 2.06. The van der Waals surface area contributed by atoms with Crippen molar-refractivity contribution in [1.82, 2.24) is 0 Å². The van der Waals surface area contributed by atoms with E-state index in [9.17, 15) is 0 Å². The van der Waals surface area contributed by atoms with Crippen molar-refractivity contribution in [3.05, 3.63) is 93.7 Å². The van der Waals surface area contributed by atoms with Gasteiger partial charge in [-0.05, 0) is 73.6 Å². The molecule has 3 atom stereocenters. The Morgan fingerprint density at radius 3 is 2.79 bits per heavy atom. The second-order valence-electron chi connectivity index (χ2n) is 8.11. The molecule has 2 nitrogen and oxygen atoms in total. The number of hydrogen-bond donors (Lipinski definition) is 1. The molecule has 2 aromatic carbocycles. The highest BCUT2D eigenvalue weighted by Gasteiger charge is 2.38. The molecule has 3 heteroatoms. The summed E-state index contributed by atoms with van der Waals surface area (Å²) in [6.07, 6.45) is 7.98. The van der Waals surface area contributed by atoms with E-state index in [1.807, 2.05) is 11.3 Å². The van der Waals surface area contributed by atoms with Crippen LogP contribution in [0, 0.1) is 12.8 Å². The molecule has 0 radical (unpaired) electrons. The van der Waals surface area contributed by atoms with Crippen LogP contribution in [-0.2, 0) is 6.42 Å². The zero-order valence-electron chi connectivity index (χ0n) is 16.8. The smallest absolute Gasteiger partial charge is 0.119 e. The van der Waals surface area contributed by atoms with E-state index >= 15 is 0 Å². The maximum atomic E-state index is 6.11. The summed E-state index contributed by atoms with van der Waals surface area (Å²) in [4.78, 5) is 2.84. The van der Waals surface area contributed by atoms with Crippen LogP contribution < -0.4 is 10.1 Å². The molecule has 3 aromatic rings. The van der Waals surface area contributed by atoms with Crippen LogP contribution in [0.15, 0.2) is 72.8 Å². The van der Waals surface area contributed by atoms with E-state index in [1.54, 1.807) is 0 Å². The summed E-state index contributed by atoms with van der Waals surface area (Å²) in [6, 6.07) is 22.1. The van der Waals surface area contributed by atoms with Gasteiger partial charge < -0.3 is 10.1 Å². The number of rotatable bonds is 6. The maximum Gasteiger partial charge on any atom is 0.119 e. The summed E-state index contributed by atoms with van der Waals surface area (Å²) in [7, 11) is 0. The third kappa shape index (κ3) is 3.84. The summed E-state index contributed by atoms with van der Waals surface area (Å²) >= 11 is 1.92. The fourth-order valence-electron chi connectivity index (χ4n) is 4.68. The number of thiophene rings is 1. The summed E-state index contributed by atoms with van der Waals surface area (Å²) in [6.45, 7) is 2.94. The van der Waals surface area contributed by atoms with Crippen LogP contribution in [0.25, 0.3) is 0 Å². The quantitative estimate of drug-likeness (QED) is 0.358. The average molecular weight is 402 g/mol. The Balaban J connectivity index is 1.28. The summed E-state index contributed by atoms with van der Waals surface area (Å²) in [5, 5.41) is 3.83. The van der Waals surface area contributed by atoms with Crippen LogP contribution in [-0.4, -0.2) is 6.61 Å². The SMILES string of the molecule is Cc1ccc(C2Nc3ccc(OCCCc4ccccc4)cc3C3C=CCC32)s1.